The first-order valence-electron chi connectivity index (χ1n) is 8.47. The van der Waals surface area contributed by atoms with Gasteiger partial charge in [0.1, 0.15) is 6.54 Å². The average molecular weight is 347 g/mol. The van der Waals surface area contributed by atoms with Gasteiger partial charge in [-0.1, -0.05) is 13.8 Å². The van der Waals surface area contributed by atoms with Crippen molar-refractivity contribution in [1.29, 1.82) is 5.26 Å². The van der Waals surface area contributed by atoms with E-state index in [0.717, 1.165) is 37.5 Å². The number of carbonyl (C=O) groups excluding carboxylic acids is 1. The summed E-state index contributed by atoms with van der Waals surface area (Å²) >= 11 is 1.58. The van der Waals surface area contributed by atoms with Crippen molar-refractivity contribution in [2.45, 2.75) is 30.4 Å². The van der Waals surface area contributed by atoms with Crippen LogP contribution in [0.25, 0.3) is 0 Å². The molecule has 1 heterocycles. The number of rotatable bonds is 7. The fourth-order valence-corrected chi connectivity index (χ4v) is 3.99. The van der Waals surface area contributed by atoms with E-state index in [0.29, 0.717) is 5.92 Å². The highest BCUT2D eigenvalue weighted by Gasteiger charge is 2.21. The van der Waals surface area contributed by atoms with Gasteiger partial charge in [0.25, 0.3) is 0 Å². The summed E-state index contributed by atoms with van der Waals surface area (Å²) in [6, 6.07) is 10.4. The Balaban J connectivity index is 1.99. The molecule has 1 aromatic carbocycles. The number of nitriles is 1. The molecule has 24 heavy (non-hydrogen) atoms. The molecule has 130 valence electrons. The molecule has 0 bridgehead atoms. The SMILES string of the molecule is CC(C)CC(Sc1ccc(N2CCNCC2)cc1)C(=O)NCC#N. The van der Waals surface area contributed by atoms with Crippen LogP contribution >= 0.6 is 11.8 Å². The van der Waals surface area contributed by atoms with E-state index in [4.69, 9.17) is 5.26 Å². The van der Waals surface area contributed by atoms with Crippen molar-refractivity contribution in [2.24, 2.45) is 5.92 Å². The Morgan fingerprint density at radius 3 is 2.58 bits per heavy atom. The van der Waals surface area contributed by atoms with Crippen molar-refractivity contribution in [3.8, 4) is 6.07 Å². The van der Waals surface area contributed by atoms with E-state index >= 15 is 0 Å². The van der Waals surface area contributed by atoms with Crippen molar-refractivity contribution in [2.75, 3.05) is 37.6 Å². The predicted octanol–water partition coefficient (Wildman–Crippen LogP) is 2.24. The first-order valence-corrected chi connectivity index (χ1v) is 9.35. The molecule has 0 radical (unpaired) electrons. The van der Waals surface area contributed by atoms with Gasteiger partial charge >= 0.3 is 0 Å². The number of hydrogen-bond acceptors (Lipinski definition) is 5. The van der Waals surface area contributed by atoms with Crippen LogP contribution in [-0.2, 0) is 4.79 Å². The van der Waals surface area contributed by atoms with Crippen LogP contribution in [0.4, 0.5) is 5.69 Å². The minimum atomic E-state index is -0.164. The Kier molecular flexibility index (Phi) is 7.41. The Morgan fingerprint density at radius 1 is 1.33 bits per heavy atom. The number of amides is 1. The zero-order valence-corrected chi connectivity index (χ0v) is 15.2. The van der Waals surface area contributed by atoms with E-state index < -0.39 is 0 Å². The molecule has 1 saturated heterocycles. The maximum Gasteiger partial charge on any atom is 0.234 e. The van der Waals surface area contributed by atoms with Gasteiger partial charge in [0.2, 0.25) is 5.91 Å². The Morgan fingerprint density at radius 2 is 2.00 bits per heavy atom. The Bertz CT molecular complexity index is 561. The highest BCUT2D eigenvalue weighted by molar-refractivity contribution is 8.00. The molecule has 5 nitrogen and oxygen atoms in total. The average Bonchev–Trinajstić information content (AvgIpc) is 2.60. The smallest absolute Gasteiger partial charge is 0.234 e. The number of carbonyl (C=O) groups is 1. The molecule has 1 atom stereocenters. The second-order valence-electron chi connectivity index (χ2n) is 6.34. The third-order valence-electron chi connectivity index (χ3n) is 3.92. The fraction of sp³-hybridized carbons (Fsp3) is 0.556. The van der Waals surface area contributed by atoms with Crippen molar-refractivity contribution in [3.05, 3.63) is 24.3 Å². The van der Waals surface area contributed by atoms with Crippen LogP contribution in [0.2, 0.25) is 0 Å². The zero-order valence-electron chi connectivity index (χ0n) is 14.4. The van der Waals surface area contributed by atoms with Crippen molar-refractivity contribution in [3.63, 3.8) is 0 Å². The molecule has 2 rings (SSSR count). The van der Waals surface area contributed by atoms with Gasteiger partial charge in [0, 0.05) is 36.8 Å². The van der Waals surface area contributed by atoms with Gasteiger partial charge in [-0.15, -0.1) is 11.8 Å². The number of piperazine rings is 1. The highest BCUT2D eigenvalue weighted by atomic mass is 32.2. The normalized spacial score (nSPS) is 15.8. The number of nitrogens with one attached hydrogen (secondary N) is 2. The summed E-state index contributed by atoms with van der Waals surface area (Å²) < 4.78 is 0. The summed E-state index contributed by atoms with van der Waals surface area (Å²) in [6.45, 7) is 8.38. The second-order valence-corrected chi connectivity index (χ2v) is 7.62. The fourth-order valence-electron chi connectivity index (χ4n) is 2.70. The van der Waals surface area contributed by atoms with Crippen LogP contribution in [0.15, 0.2) is 29.2 Å². The standard InChI is InChI=1S/C18H26N4OS/c1-14(2)13-17(18(23)21-8-7-19)24-16-5-3-15(4-6-16)22-11-9-20-10-12-22/h3-6,14,17,20H,8-13H2,1-2H3,(H,21,23). The minimum absolute atomic E-state index is 0.0542. The van der Waals surface area contributed by atoms with Gasteiger partial charge < -0.3 is 15.5 Å². The maximum atomic E-state index is 12.3. The summed E-state index contributed by atoms with van der Waals surface area (Å²) in [5.74, 6) is 0.372. The van der Waals surface area contributed by atoms with E-state index in [1.165, 1.54) is 5.69 Å². The van der Waals surface area contributed by atoms with Crippen LogP contribution in [0, 0.1) is 17.2 Å². The number of anilines is 1. The van der Waals surface area contributed by atoms with Gasteiger partial charge in [-0.2, -0.15) is 5.26 Å². The Hall–Kier alpha value is -1.71. The first-order chi connectivity index (χ1) is 11.6. The minimum Gasteiger partial charge on any atom is -0.369 e. The highest BCUT2D eigenvalue weighted by Crippen LogP contribution is 2.29. The van der Waals surface area contributed by atoms with Gasteiger partial charge in [-0.05, 0) is 36.6 Å². The molecule has 2 N–H and O–H groups in total. The number of nitrogens with zero attached hydrogens (tertiary/aromatic N) is 2. The van der Waals surface area contributed by atoms with E-state index in [2.05, 4.69) is 53.6 Å². The molecular formula is C18H26N4OS. The molecule has 1 aromatic rings. The molecule has 6 heteroatoms. The summed E-state index contributed by atoms with van der Waals surface area (Å²) in [5.41, 5.74) is 1.23. The van der Waals surface area contributed by atoms with E-state index in [1.807, 2.05) is 6.07 Å². The largest absolute Gasteiger partial charge is 0.369 e. The predicted molar refractivity (Wildman–Crippen MR) is 99.2 cm³/mol. The lowest BCUT2D eigenvalue weighted by molar-refractivity contribution is -0.120. The Labute approximate surface area is 148 Å². The monoisotopic (exact) mass is 346 g/mol. The molecule has 1 aliphatic rings. The van der Waals surface area contributed by atoms with Crippen LogP contribution in [-0.4, -0.2) is 43.9 Å². The van der Waals surface area contributed by atoms with Crippen molar-refractivity contribution >= 4 is 23.4 Å². The molecule has 0 saturated carbocycles. The third-order valence-corrected chi connectivity index (χ3v) is 5.15. The summed E-state index contributed by atoms with van der Waals surface area (Å²) in [6.07, 6.45) is 0.793. The van der Waals surface area contributed by atoms with E-state index in [1.54, 1.807) is 11.8 Å². The van der Waals surface area contributed by atoms with E-state index in [-0.39, 0.29) is 17.7 Å². The van der Waals surface area contributed by atoms with Crippen LogP contribution < -0.4 is 15.5 Å². The molecule has 1 aliphatic heterocycles. The maximum absolute atomic E-state index is 12.3. The van der Waals surface area contributed by atoms with Crippen LogP contribution in [0.5, 0.6) is 0 Å². The lowest BCUT2D eigenvalue weighted by Crippen LogP contribution is -2.43. The number of benzene rings is 1. The molecule has 0 aliphatic carbocycles. The third kappa shape index (κ3) is 5.73. The topological polar surface area (TPSA) is 68.2 Å². The molecule has 0 aromatic heterocycles. The molecule has 1 amide bonds. The molecule has 0 spiro atoms. The van der Waals surface area contributed by atoms with Crippen LogP contribution in [0.1, 0.15) is 20.3 Å². The first kappa shape index (κ1) is 18.6. The zero-order chi connectivity index (χ0) is 17.4. The lowest BCUT2D eigenvalue weighted by Gasteiger charge is -2.29. The summed E-state index contributed by atoms with van der Waals surface area (Å²) in [4.78, 5) is 15.7. The molecule has 1 fully saturated rings. The number of thioether (sulfide) groups is 1. The molecular weight excluding hydrogens is 320 g/mol. The van der Waals surface area contributed by atoms with Gasteiger partial charge in [-0.25, -0.2) is 0 Å². The van der Waals surface area contributed by atoms with Crippen LogP contribution in [0.3, 0.4) is 0 Å². The lowest BCUT2D eigenvalue weighted by atomic mass is 10.1. The van der Waals surface area contributed by atoms with Crippen molar-refractivity contribution in [1.82, 2.24) is 10.6 Å². The van der Waals surface area contributed by atoms with Gasteiger partial charge in [0.05, 0.1) is 11.3 Å². The summed E-state index contributed by atoms with van der Waals surface area (Å²) in [7, 11) is 0. The summed E-state index contributed by atoms with van der Waals surface area (Å²) in [5, 5.41) is 14.5. The number of hydrogen-bond donors (Lipinski definition) is 2. The van der Waals surface area contributed by atoms with Gasteiger partial charge in [0.15, 0.2) is 0 Å². The quantitative estimate of drug-likeness (QED) is 0.585. The molecule has 1 unspecified atom stereocenters. The van der Waals surface area contributed by atoms with Gasteiger partial charge in [-0.3, -0.25) is 4.79 Å². The second kappa shape index (κ2) is 9.55. The van der Waals surface area contributed by atoms with Crippen molar-refractivity contribution < 1.29 is 4.79 Å². The van der Waals surface area contributed by atoms with E-state index in [9.17, 15) is 4.79 Å².